The van der Waals surface area contributed by atoms with E-state index in [2.05, 4.69) is 30.9 Å². The molecule has 2 heterocycles. The predicted octanol–water partition coefficient (Wildman–Crippen LogP) is 2.69. The first-order valence-electron chi connectivity index (χ1n) is 7.82. The van der Waals surface area contributed by atoms with Crippen molar-refractivity contribution in [3.63, 3.8) is 0 Å². The minimum atomic E-state index is 0.131. The standard InChI is InChI=1S/C15H29NO2S/c1-3-16-14(12-19-4-2)13-5-8-18-15(11-13)6-9-17-10-7-15/h13-14,16H,3-12H2,1-2H3. The third-order valence-corrected chi connectivity index (χ3v) is 5.48. The van der Waals surface area contributed by atoms with E-state index in [0.717, 1.165) is 45.1 Å². The van der Waals surface area contributed by atoms with Gasteiger partial charge >= 0.3 is 0 Å². The Kier molecular flexibility index (Phi) is 6.46. The molecule has 2 aliphatic heterocycles. The quantitative estimate of drug-likeness (QED) is 0.813. The van der Waals surface area contributed by atoms with Gasteiger partial charge < -0.3 is 14.8 Å². The van der Waals surface area contributed by atoms with Crippen molar-refractivity contribution in [2.45, 2.75) is 51.2 Å². The Labute approximate surface area is 122 Å². The third-order valence-electron chi connectivity index (χ3n) is 4.47. The van der Waals surface area contributed by atoms with Crippen LogP contribution in [0.2, 0.25) is 0 Å². The maximum absolute atomic E-state index is 6.15. The molecule has 3 nitrogen and oxygen atoms in total. The highest BCUT2D eigenvalue weighted by molar-refractivity contribution is 7.99. The largest absolute Gasteiger partial charge is 0.381 e. The van der Waals surface area contributed by atoms with E-state index in [1.54, 1.807) is 0 Å². The van der Waals surface area contributed by atoms with Gasteiger partial charge in [0.25, 0.3) is 0 Å². The van der Waals surface area contributed by atoms with Crippen LogP contribution >= 0.6 is 11.8 Å². The van der Waals surface area contributed by atoms with E-state index in [4.69, 9.17) is 9.47 Å². The van der Waals surface area contributed by atoms with Crippen molar-refractivity contribution in [2.75, 3.05) is 37.9 Å². The van der Waals surface area contributed by atoms with Gasteiger partial charge in [0.15, 0.2) is 0 Å². The molecule has 1 N–H and O–H groups in total. The van der Waals surface area contributed by atoms with Crippen molar-refractivity contribution in [2.24, 2.45) is 5.92 Å². The van der Waals surface area contributed by atoms with Crippen LogP contribution in [0.1, 0.15) is 39.5 Å². The molecule has 2 rings (SSSR count). The third kappa shape index (κ3) is 4.35. The zero-order chi connectivity index (χ0) is 13.6. The maximum Gasteiger partial charge on any atom is 0.0729 e. The van der Waals surface area contributed by atoms with Crippen LogP contribution in [-0.2, 0) is 9.47 Å². The van der Waals surface area contributed by atoms with E-state index >= 15 is 0 Å². The van der Waals surface area contributed by atoms with E-state index in [1.807, 2.05) is 0 Å². The number of nitrogens with one attached hydrogen (secondary N) is 1. The topological polar surface area (TPSA) is 30.5 Å². The van der Waals surface area contributed by atoms with Crippen LogP contribution in [0.25, 0.3) is 0 Å². The Morgan fingerprint density at radius 3 is 2.74 bits per heavy atom. The molecule has 2 saturated heterocycles. The number of thioether (sulfide) groups is 1. The first kappa shape index (κ1) is 15.6. The second kappa shape index (κ2) is 7.87. The molecule has 2 fully saturated rings. The highest BCUT2D eigenvalue weighted by atomic mass is 32.2. The van der Waals surface area contributed by atoms with Gasteiger partial charge in [0.2, 0.25) is 0 Å². The second-order valence-electron chi connectivity index (χ2n) is 5.72. The van der Waals surface area contributed by atoms with Crippen molar-refractivity contribution in [3.05, 3.63) is 0 Å². The lowest BCUT2D eigenvalue weighted by molar-refractivity contribution is -0.149. The number of ether oxygens (including phenoxy) is 2. The van der Waals surface area contributed by atoms with Gasteiger partial charge in [-0.1, -0.05) is 13.8 Å². The van der Waals surface area contributed by atoms with Crippen LogP contribution in [-0.4, -0.2) is 49.5 Å². The molecule has 0 amide bonds. The normalized spacial score (nSPS) is 28.4. The van der Waals surface area contributed by atoms with E-state index in [1.165, 1.54) is 24.3 Å². The lowest BCUT2D eigenvalue weighted by Crippen LogP contribution is -2.50. The molecule has 0 radical (unpaired) electrons. The summed E-state index contributed by atoms with van der Waals surface area (Å²) >= 11 is 2.06. The van der Waals surface area contributed by atoms with Crippen LogP contribution in [0.3, 0.4) is 0 Å². The highest BCUT2D eigenvalue weighted by Crippen LogP contribution is 2.38. The minimum absolute atomic E-state index is 0.131. The smallest absolute Gasteiger partial charge is 0.0729 e. The van der Waals surface area contributed by atoms with E-state index in [0.29, 0.717) is 6.04 Å². The first-order chi connectivity index (χ1) is 9.29. The fraction of sp³-hybridized carbons (Fsp3) is 1.00. The Bertz CT molecular complexity index is 251. The van der Waals surface area contributed by atoms with Crippen LogP contribution in [0.4, 0.5) is 0 Å². The Morgan fingerprint density at radius 1 is 1.26 bits per heavy atom. The molecule has 4 heteroatoms. The molecule has 2 aliphatic rings. The molecular formula is C15H29NO2S. The molecule has 112 valence electrons. The number of hydrogen-bond acceptors (Lipinski definition) is 4. The molecular weight excluding hydrogens is 258 g/mol. The van der Waals surface area contributed by atoms with Crippen LogP contribution in [0, 0.1) is 5.92 Å². The summed E-state index contributed by atoms with van der Waals surface area (Å²) in [5.74, 6) is 3.22. The fourth-order valence-electron chi connectivity index (χ4n) is 3.37. The molecule has 2 unspecified atom stereocenters. The zero-order valence-corrected chi connectivity index (χ0v) is 13.3. The number of rotatable bonds is 6. The van der Waals surface area contributed by atoms with Crippen molar-refractivity contribution in [1.29, 1.82) is 0 Å². The molecule has 0 aromatic carbocycles. The molecule has 0 aromatic rings. The van der Waals surface area contributed by atoms with Crippen molar-refractivity contribution >= 4 is 11.8 Å². The van der Waals surface area contributed by atoms with Gasteiger partial charge in [-0.05, 0) is 43.9 Å². The summed E-state index contributed by atoms with van der Waals surface area (Å²) in [6.45, 7) is 8.22. The molecule has 0 aromatic heterocycles. The van der Waals surface area contributed by atoms with Crippen LogP contribution in [0.15, 0.2) is 0 Å². The van der Waals surface area contributed by atoms with Crippen molar-refractivity contribution in [1.82, 2.24) is 5.32 Å². The summed E-state index contributed by atoms with van der Waals surface area (Å²) in [5.41, 5.74) is 0.131. The average Bonchev–Trinajstić information content (AvgIpc) is 2.44. The Balaban J connectivity index is 1.93. The van der Waals surface area contributed by atoms with Gasteiger partial charge in [0, 0.05) is 31.6 Å². The second-order valence-corrected chi connectivity index (χ2v) is 7.04. The van der Waals surface area contributed by atoms with Crippen LogP contribution < -0.4 is 5.32 Å². The molecule has 1 spiro atoms. The first-order valence-corrected chi connectivity index (χ1v) is 8.98. The van der Waals surface area contributed by atoms with Gasteiger partial charge in [0.05, 0.1) is 5.60 Å². The minimum Gasteiger partial charge on any atom is -0.381 e. The summed E-state index contributed by atoms with van der Waals surface area (Å²) in [7, 11) is 0. The van der Waals surface area contributed by atoms with Crippen molar-refractivity contribution in [3.8, 4) is 0 Å². The summed E-state index contributed by atoms with van der Waals surface area (Å²) in [6.07, 6.45) is 4.61. The molecule has 0 saturated carbocycles. The van der Waals surface area contributed by atoms with Crippen molar-refractivity contribution < 1.29 is 9.47 Å². The van der Waals surface area contributed by atoms with Gasteiger partial charge in [-0.25, -0.2) is 0 Å². The molecule has 2 atom stereocenters. The molecule has 0 bridgehead atoms. The van der Waals surface area contributed by atoms with Gasteiger partial charge in [-0.3, -0.25) is 0 Å². The average molecular weight is 287 g/mol. The number of hydrogen-bond donors (Lipinski definition) is 1. The fourth-order valence-corrected chi connectivity index (χ4v) is 4.25. The van der Waals surface area contributed by atoms with E-state index < -0.39 is 0 Å². The van der Waals surface area contributed by atoms with E-state index in [-0.39, 0.29) is 5.60 Å². The predicted molar refractivity (Wildman–Crippen MR) is 81.9 cm³/mol. The monoisotopic (exact) mass is 287 g/mol. The Hall–Kier alpha value is 0.230. The van der Waals surface area contributed by atoms with Crippen LogP contribution in [0.5, 0.6) is 0 Å². The summed E-state index contributed by atoms with van der Waals surface area (Å²) in [5, 5.41) is 3.70. The zero-order valence-electron chi connectivity index (χ0n) is 12.5. The SMILES string of the molecule is CCNC(CSCC)C1CCOC2(CCOCC2)C1. The van der Waals surface area contributed by atoms with Gasteiger partial charge in [0.1, 0.15) is 0 Å². The summed E-state index contributed by atoms with van der Waals surface area (Å²) < 4.78 is 11.7. The van der Waals surface area contributed by atoms with E-state index in [9.17, 15) is 0 Å². The Morgan fingerprint density at radius 2 is 2.05 bits per heavy atom. The summed E-state index contributed by atoms with van der Waals surface area (Å²) in [6, 6.07) is 0.651. The lowest BCUT2D eigenvalue weighted by atomic mass is 9.78. The van der Waals surface area contributed by atoms with Gasteiger partial charge in [-0.2, -0.15) is 11.8 Å². The molecule has 19 heavy (non-hydrogen) atoms. The maximum atomic E-state index is 6.15. The lowest BCUT2D eigenvalue weighted by Gasteiger charge is -2.45. The highest BCUT2D eigenvalue weighted by Gasteiger charge is 2.40. The molecule has 0 aliphatic carbocycles. The summed E-state index contributed by atoms with van der Waals surface area (Å²) in [4.78, 5) is 0. The van der Waals surface area contributed by atoms with Gasteiger partial charge in [-0.15, -0.1) is 0 Å².